The van der Waals surface area contributed by atoms with Crippen molar-refractivity contribution < 1.29 is 4.79 Å². The van der Waals surface area contributed by atoms with Crippen LogP contribution in [0.25, 0.3) is 0 Å². The van der Waals surface area contributed by atoms with Crippen molar-refractivity contribution in [3.05, 3.63) is 34.9 Å². The molecule has 0 saturated carbocycles. The molecule has 0 aliphatic rings. The molecule has 0 radical (unpaired) electrons. The fourth-order valence-corrected chi connectivity index (χ4v) is 2.12. The van der Waals surface area contributed by atoms with Gasteiger partial charge < -0.3 is 10.6 Å². The van der Waals surface area contributed by atoms with Crippen molar-refractivity contribution in [2.24, 2.45) is 11.7 Å². The van der Waals surface area contributed by atoms with Gasteiger partial charge in [-0.05, 0) is 31.9 Å². The first-order valence-corrected chi connectivity index (χ1v) is 7.62. The van der Waals surface area contributed by atoms with Crippen LogP contribution in [0.4, 0.5) is 0 Å². The first-order valence-electron chi connectivity index (χ1n) is 7.62. The van der Waals surface area contributed by atoms with Crippen molar-refractivity contribution in [3.8, 4) is 11.8 Å². The quantitative estimate of drug-likeness (QED) is 0.846. The Morgan fingerprint density at radius 1 is 1.38 bits per heavy atom. The summed E-state index contributed by atoms with van der Waals surface area (Å²) in [5.74, 6) is 6.40. The minimum Gasteiger partial charge on any atom is -0.339 e. The molecule has 0 aromatic heterocycles. The maximum Gasteiger partial charge on any atom is 0.255 e. The lowest BCUT2D eigenvalue weighted by Crippen LogP contribution is -2.35. The summed E-state index contributed by atoms with van der Waals surface area (Å²) < 4.78 is 0. The van der Waals surface area contributed by atoms with Crippen LogP contribution in [0.2, 0.25) is 0 Å². The van der Waals surface area contributed by atoms with Crippen molar-refractivity contribution in [2.45, 2.75) is 34.1 Å². The SMILES string of the molecule is CCC(C)CN(CC)C(=O)c1cc(C)ccc1C#CCN. The van der Waals surface area contributed by atoms with E-state index in [0.29, 0.717) is 24.6 Å². The summed E-state index contributed by atoms with van der Waals surface area (Å²) in [5, 5.41) is 0. The Morgan fingerprint density at radius 3 is 2.67 bits per heavy atom. The summed E-state index contributed by atoms with van der Waals surface area (Å²) in [6.45, 7) is 10.1. The van der Waals surface area contributed by atoms with Crippen LogP contribution in [0.3, 0.4) is 0 Å². The molecule has 0 aliphatic heterocycles. The van der Waals surface area contributed by atoms with E-state index in [1.54, 1.807) is 0 Å². The summed E-state index contributed by atoms with van der Waals surface area (Å²) >= 11 is 0. The zero-order valence-electron chi connectivity index (χ0n) is 13.6. The Hall–Kier alpha value is -1.79. The van der Waals surface area contributed by atoms with Crippen molar-refractivity contribution in [3.63, 3.8) is 0 Å². The third-order valence-corrected chi connectivity index (χ3v) is 3.63. The first-order chi connectivity index (χ1) is 10.0. The van der Waals surface area contributed by atoms with Gasteiger partial charge in [0.2, 0.25) is 0 Å². The molecule has 0 aliphatic carbocycles. The normalized spacial score (nSPS) is 11.5. The number of nitrogens with zero attached hydrogens (tertiary/aromatic N) is 1. The molecule has 1 amide bonds. The van der Waals surface area contributed by atoms with Gasteiger partial charge in [0.05, 0.1) is 12.1 Å². The van der Waals surface area contributed by atoms with E-state index >= 15 is 0 Å². The van der Waals surface area contributed by atoms with Crippen LogP contribution in [-0.4, -0.2) is 30.4 Å². The van der Waals surface area contributed by atoms with Gasteiger partial charge in [0.1, 0.15) is 0 Å². The number of hydrogen-bond acceptors (Lipinski definition) is 2. The second kappa shape index (κ2) is 8.49. The number of amides is 1. The summed E-state index contributed by atoms with van der Waals surface area (Å²) in [5.41, 5.74) is 7.94. The van der Waals surface area contributed by atoms with Gasteiger partial charge in [0, 0.05) is 18.7 Å². The van der Waals surface area contributed by atoms with Gasteiger partial charge in [-0.3, -0.25) is 4.79 Å². The first kappa shape index (κ1) is 17.3. The van der Waals surface area contributed by atoms with Crippen LogP contribution in [0.5, 0.6) is 0 Å². The summed E-state index contributed by atoms with van der Waals surface area (Å²) in [6, 6.07) is 5.80. The van der Waals surface area contributed by atoms with Crippen LogP contribution in [0.1, 0.15) is 48.7 Å². The number of carbonyl (C=O) groups is 1. The molecule has 114 valence electrons. The zero-order chi connectivity index (χ0) is 15.8. The molecule has 0 bridgehead atoms. The topological polar surface area (TPSA) is 46.3 Å². The van der Waals surface area contributed by atoms with E-state index in [9.17, 15) is 4.79 Å². The van der Waals surface area contributed by atoms with E-state index in [4.69, 9.17) is 5.73 Å². The van der Waals surface area contributed by atoms with Gasteiger partial charge in [-0.1, -0.05) is 43.7 Å². The second-order valence-electron chi connectivity index (χ2n) is 5.41. The maximum absolute atomic E-state index is 12.8. The average Bonchev–Trinajstić information content (AvgIpc) is 2.50. The van der Waals surface area contributed by atoms with Crippen molar-refractivity contribution >= 4 is 5.91 Å². The summed E-state index contributed by atoms with van der Waals surface area (Å²) in [4.78, 5) is 14.7. The molecule has 0 heterocycles. The van der Waals surface area contributed by atoms with Crippen molar-refractivity contribution in [1.82, 2.24) is 4.90 Å². The van der Waals surface area contributed by atoms with Crippen LogP contribution in [0, 0.1) is 24.7 Å². The van der Waals surface area contributed by atoms with E-state index in [1.807, 2.05) is 36.9 Å². The molecule has 3 nitrogen and oxygen atoms in total. The molecule has 0 fully saturated rings. The molecule has 2 N–H and O–H groups in total. The lowest BCUT2D eigenvalue weighted by atomic mass is 10.0. The molecule has 1 atom stereocenters. The van der Waals surface area contributed by atoms with Crippen molar-refractivity contribution in [1.29, 1.82) is 0 Å². The van der Waals surface area contributed by atoms with Gasteiger partial charge in [-0.2, -0.15) is 0 Å². The number of rotatable bonds is 5. The van der Waals surface area contributed by atoms with Gasteiger partial charge >= 0.3 is 0 Å². The Labute approximate surface area is 128 Å². The smallest absolute Gasteiger partial charge is 0.255 e. The van der Waals surface area contributed by atoms with E-state index in [1.165, 1.54) is 0 Å². The average molecular weight is 286 g/mol. The van der Waals surface area contributed by atoms with E-state index in [2.05, 4.69) is 25.7 Å². The van der Waals surface area contributed by atoms with E-state index in [-0.39, 0.29) is 5.91 Å². The Balaban J connectivity index is 3.11. The molecule has 0 spiro atoms. The predicted octanol–water partition coefficient (Wildman–Crippen LogP) is 2.81. The Morgan fingerprint density at radius 2 is 2.10 bits per heavy atom. The summed E-state index contributed by atoms with van der Waals surface area (Å²) in [6.07, 6.45) is 1.07. The van der Waals surface area contributed by atoms with Gasteiger partial charge in [-0.25, -0.2) is 0 Å². The third-order valence-electron chi connectivity index (χ3n) is 3.63. The highest BCUT2D eigenvalue weighted by atomic mass is 16.2. The van der Waals surface area contributed by atoms with Crippen LogP contribution in [-0.2, 0) is 0 Å². The Kier molecular flexibility index (Phi) is 6.98. The van der Waals surface area contributed by atoms with Gasteiger partial charge in [0.25, 0.3) is 5.91 Å². The lowest BCUT2D eigenvalue weighted by molar-refractivity contribution is 0.0740. The fraction of sp³-hybridized carbons (Fsp3) is 0.500. The zero-order valence-corrected chi connectivity index (χ0v) is 13.6. The van der Waals surface area contributed by atoms with Crippen molar-refractivity contribution in [2.75, 3.05) is 19.6 Å². The number of aryl methyl sites for hydroxylation is 1. The van der Waals surface area contributed by atoms with E-state index in [0.717, 1.165) is 24.1 Å². The fourth-order valence-electron chi connectivity index (χ4n) is 2.12. The molecule has 21 heavy (non-hydrogen) atoms. The number of hydrogen-bond donors (Lipinski definition) is 1. The van der Waals surface area contributed by atoms with Crippen LogP contribution >= 0.6 is 0 Å². The highest BCUT2D eigenvalue weighted by Crippen LogP contribution is 2.15. The minimum absolute atomic E-state index is 0.0582. The molecular formula is C18H26N2O. The third kappa shape index (κ3) is 4.91. The van der Waals surface area contributed by atoms with Gasteiger partial charge in [0.15, 0.2) is 0 Å². The standard InChI is InChI=1S/C18H26N2O/c1-5-14(3)13-20(6-2)18(21)17-12-15(4)9-10-16(17)8-7-11-19/h9-10,12,14H,5-6,11,13,19H2,1-4H3. The molecule has 1 aromatic carbocycles. The highest BCUT2D eigenvalue weighted by Gasteiger charge is 2.18. The number of benzene rings is 1. The number of carbonyl (C=O) groups excluding carboxylic acids is 1. The second-order valence-corrected chi connectivity index (χ2v) is 5.41. The molecule has 1 unspecified atom stereocenters. The lowest BCUT2D eigenvalue weighted by Gasteiger charge is -2.24. The molecule has 1 rings (SSSR count). The minimum atomic E-state index is 0.0582. The van der Waals surface area contributed by atoms with Crippen LogP contribution < -0.4 is 5.73 Å². The van der Waals surface area contributed by atoms with Crippen LogP contribution in [0.15, 0.2) is 18.2 Å². The molecule has 0 saturated heterocycles. The monoisotopic (exact) mass is 286 g/mol. The number of nitrogens with two attached hydrogens (primary N) is 1. The largest absolute Gasteiger partial charge is 0.339 e. The van der Waals surface area contributed by atoms with Gasteiger partial charge in [-0.15, -0.1) is 0 Å². The maximum atomic E-state index is 12.8. The predicted molar refractivity (Wildman–Crippen MR) is 88.1 cm³/mol. The summed E-state index contributed by atoms with van der Waals surface area (Å²) in [7, 11) is 0. The Bertz CT molecular complexity index is 540. The van der Waals surface area contributed by atoms with E-state index < -0.39 is 0 Å². The highest BCUT2D eigenvalue weighted by molar-refractivity contribution is 5.97. The molecule has 1 aromatic rings. The molecule has 3 heteroatoms. The molecular weight excluding hydrogens is 260 g/mol.